The standard InChI is InChI=1S/C7H7Br2NOS/c8-5-3-6(12-4-5)1-2-10-7(9)11/h3-4H,1-2H2,(H,10,11). The van der Waals surface area contributed by atoms with E-state index in [2.05, 4.69) is 43.2 Å². The number of thiophene rings is 1. The Morgan fingerprint density at radius 3 is 2.92 bits per heavy atom. The Labute approximate surface area is 91.6 Å². The summed E-state index contributed by atoms with van der Waals surface area (Å²) in [5, 5.41) is 4.71. The van der Waals surface area contributed by atoms with Gasteiger partial charge in [0.2, 0.25) is 0 Å². The number of carbonyl (C=O) groups is 1. The Morgan fingerprint density at radius 2 is 2.42 bits per heavy atom. The van der Waals surface area contributed by atoms with Crippen LogP contribution in [0.3, 0.4) is 0 Å². The molecule has 0 unspecified atom stereocenters. The molecule has 66 valence electrons. The Hall–Kier alpha value is 0.130. The van der Waals surface area contributed by atoms with Crippen molar-refractivity contribution < 1.29 is 4.79 Å². The summed E-state index contributed by atoms with van der Waals surface area (Å²) in [6.07, 6.45) is 0.883. The number of hydrogen-bond acceptors (Lipinski definition) is 2. The van der Waals surface area contributed by atoms with Crippen molar-refractivity contribution in [3.63, 3.8) is 0 Å². The van der Waals surface area contributed by atoms with Crippen LogP contribution < -0.4 is 5.32 Å². The predicted molar refractivity (Wildman–Crippen MR) is 58.0 cm³/mol. The highest BCUT2D eigenvalue weighted by Crippen LogP contribution is 2.19. The summed E-state index contributed by atoms with van der Waals surface area (Å²) < 4.78 is 1.10. The molecule has 1 heterocycles. The van der Waals surface area contributed by atoms with Crippen molar-refractivity contribution in [3.8, 4) is 0 Å². The van der Waals surface area contributed by atoms with Gasteiger partial charge in [-0.25, -0.2) is 0 Å². The molecular formula is C7H7Br2NOS. The average molecular weight is 313 g/mol. The van der Waals surface area contributed by atoms with Gasteiger partial charge in [-0.1, -0.05) is 0 Å². The molecule has 1 N–H and O–H groups in total. The van der Waals surface area contributed by atoms with Crippen molar-refractivity contribution in [1.29, 1.82) is 0 Å². The molecule has 5 heteroatoms. The van der Waals surface area contributed by atoms with Crippen LogP contribution >= 0.6 is 43.2 Å². The SMILES string of the molecule is O=C(Br)NCCc1cc(Br)cs1. The van der Waals surface area contributed by atoms with Crippen LogP contribution in [0.15, 0.2) is 15.9 Å². The molecule has 1 aromatic heterocycles. The van der Waals surface area contributed by atoms with Crippen molar-refractivity contribution in [3.05, 3.63) is 20.8 Å². The molecule has 0 saturated heterocycles. The number of amides is 1. The fourth-order valence-corrected chi connectivity index (χ4v) is 2.42. The van der Waals surface area contributed by atoms with Crippen LogP contribution in [0.4, 0.5) is 4.79 Å². The lowest BCUT2D eigenvalue weighted by Gasteiger charge is -1.97. The lowest BCUT2D eigenvalue weighted by molar-refractivity contribution is 0.262. The first kappa shape index (κ1) is 10.2. The van der Waals surface area contributed by atoms with Crippen molar-refractivity contribution in [2.24, 2.45) is 0 Å². The second-order valence-electron chi connectivity index (χ2n) is 2.18. The monoisotopic (exact) mass is 311 g/mol. The van der Waals surface area contributed by atoms with Crippen LogP contribution in [-0.4, -0.2) is 11.4 Å². The summed E-state index contributed by atoms with van der Waals surface area (Å²) in [5.41, 5.74) is 0. The third-order valence-electron chi connectivity index (χ3n) is 1.26. The highest BCUT2D eigenvalue weighted by Gasteiger charge is 1.97. The molecule has 1 aromatic rings. The maximum atomic E-state index is 10.4. The van der Waals surface area contributed by atoms with Crippen LogP contribution in [0, 0.1) is 0 Å². The third kappa shape index (κ3) is 3.69. The van der Waals surface area contributed by atoms with E-state index in [0.29, 0.717) is 6.54 Å². The maximum Gasteiger partial charge on any atom is 0.287 e. The van der Waals surface area contributed by atoms with Crippen molar-refractivity contribution >= 4 is 48.0 Å². The normalized spacial score (nSPS) is 9.83. The maximum absolute atomic E-state index is 10.4. The average Bonchev–Trinajstić information content (AvgIpc) is 2.35. The first-order valence-electron chi connectivity index (χ1n) is 3.35. The summed E-state index contributed by atoms with van der Waals surface area (Å²) in [7, 11) is 0. The van der Waals surface area contributed by atoms with E-state index < -0.39 is 0 Å². The van der Waals surface area contributed by atoms with E-state index in [4.69, 9.17) is 0 Å². The largest absolute Gasteiger partial charge is 0.346 e. The van der Waals surface area contributed by atoms with Crippen LogP contribution in [-0.2, 0) is 6.42 Å². The molecule has 1 rings (SSSR count). The number of nitrogens with one attached hydrogen (secondary N) is 1. The summed E-state index contributed by atoms with van der Waals surface area (Å²) in [4.78, 5) is 11.6. The van der Waals surface area contributed by atoms with Crippen LogP contribution in [0.2, 0.25) is 0 Å². The number of halogens is 2. The van der Waals surface area contributed by atoms with Crippen LogP contribution in [0.25, 0.3) is 0 Å². The third-order valence-corrected chi connectivity index (χ3v) is 3.29. The van der Waals surface area contributed by atoms with Crippen molar-refractivity contribution in [2.45, 2.75) is 6.42 Å². The lowest BCUT2D eigenvalue weighted by atomic mass is 10.3. The first-order chi connectivity index (χ1) is 5.68. The van der Waals surface area contributed by atoms with E-state index in [1.54, 1.807) is 11.3 Å². The minimum atomic E-state index is -0.155. The summed E-state index contributed by atoms with van der Waals surface area (Å²) in [6, 6.07) is 2.06. The van der Waals surface area contributed by atoms with E-state index in [-0.39, 0.29) is 4.82 Å². The molecule has 12 heavy (non-hydrogen) atoms. The molecule has 2 nitrogen and oxygen atoms in total. The van der Waals surface area contributed by atoms with Gasteiger partial charge in [0.05, 0.1) is 0 Å². The molecule has 0 spiro atoms. The van der Waals surface area contributed by atoms with Gasteiger partial charge in [-0.2, -0.15) is 0 Å². The minimum Gasteiger partial charge on any atom is -0.346 e. The van der Waals surface area contributed by atoms with E-state index in [1.165, 1.54) is 4.88 Å². The molecule has 0 aliphatic heterocycles. The minimum absolute atomic E-state index is 0.155. The Morgan fingerprint density at radius 1 is 1.67 bits per heavy atom. The van der Waals surface area contributed by atoms with E-state index in [0.717, 1.165) is 10.9 Å². The molecule has 0 radical (unpaired) electrons. The number of hydrogen-bond donors (Lipinski definition) is 1. The van der Waals surface area contributed by atoms with Gasteiger partial charge in [0.1, 0.15) is 0 Å². The van der Waals surface area contributed by atoms with Gasteiger partial charge in [-0.05, 0) is 28.4 Å². The summed E-state index contributed by atoms with van der Waals surface area (Å²) >= 11 is 7.85. The van der Waals surface area contributed by atoms with Gasteiger partial charge in [0.25, 0.3) is 4.82 Å². The topological polar surface area (TPSA) is 29.1 Å². The number of carbonyl (C=O) groups excluding carboxylic acids is 1. The zero-order chi connectivity index (χ0) is 8.97. The van der Waals surface area contributed by atoms with E-state index in [1.807, 2.05) is 5.38 Å². The van der Waals surface area contributed by atoms with Crippen LogP contribution in [0.1, 0.15) is 4.88 Å². The molecule has 0 fully saturated rings. The van der Waals surface area contributed by atoms with Crippen LogP contribution in [0.5, 0.6) is 0 Å². The predicted octanol–water partition coefficient (Wildman–Crippen LogP) is 3.16. The highest BCUT2D eigenvalue weighted by atomic mass is 79.9. The fraction of sp³-hybridized carbons (Fsp3) is 0.286. The zero-order valence-corrected chi connectivity index (χ0v) is 10.1. The van der Waals surface area contributed by atoms with Gasteiger partial charge in [-0.3, -0.25) is 4.79 Å². The first-order valence-corrected chi connectivity index (χ1v) is 5.81. The Balaban J connectivity index is 2.29. The van der Waals surface area contributed by atoms with Gasteiger partial charge in [-0.15, -0.1) is 11.3 Å². The van der Waals surface area contributed by atoms with Gasteiger partial charge >= 0.3 is 0 Å². The van der Waals surface area contributed by atoms with Crippen molar-refractivity contribution in [2.75, 3.05) is 6.54 Å². The van der Waals surface area contributed by atoms with E-state index in [9.17, 15) is 4.79 Å². The molecule has 0 aliphatic rings. The Kier molecular flexibility index (Phi) is 4.25. The molecule has 1 amide bonds. The molecule has 0 atom stereocenters. The second kappa shape index (κ2) is 4.99. The zero-order valence-electron chi connectivity index (χ0n) is 6.14. The number of rotatable bonds is 3. The Bertz CT molecular complexity index is 274. The quantitative estimate of drug-likeness (QED) is 0.674. The van der Waals surface area contributed by atoms with Gasteiger partial charge in [0.15, 0.2) is 0 Å². The molecule has 0 aliphatic carbocycles. The van der Waals surface area contributed by atoms with Crippen molar-refractivity contribution in [1.82, 2.24) is 5.32 Å². The summed E-state index contributed by atoms with van der Waals surface area (Å²) in [6.45, 7) is 0.678. The van der Waals surface area contributed by atoms with Gasteiger partial charge in [0, 0.05) is 37.2 Å². The lowest BCUT2D eigenvalue weighted by Crippen LogP contribution is -2.18. The fourth-order valence-electron chi connectivity index (χ4n) is 0.769. The molecule has 0 aromatic carbocycles. The van der Waals surface area contributed by atoms with Gasteiger partial charge < -0.3 is 5.32 Å². The summed E-state index contributed by atoms with van der Waals surface area (Å²) in [5.74, 6) is 0. The second-order valence-corrected chi connectivity index (χ2v) is 4.81. The molecular weight excluding hydrogens is 306 g/mol. The highest BCUT2D eigenvalue weighted by molar-refractivity contribution is 9.18. The van der Waals surface area contributed by atoms with E-state index >= 15 is 0 Å². The smallest absolute Gasteiger partial charge is 0.287 e. The molecule has 0 saturated carbocycles. The molecule has 0 bridgehead atoms.